The number of aromatic nitrogens is 2. The van der Waals surface area contributed by atoms with E-state index in [1.165, 1.54) is 11.3 Å². The number of nitrogens with one attached hydrogen (secondary N) is 1. The van der Waals surface area contributed by atoms with Gasteiger partial charge in [0.1, 0.15) is 0 Å². The molecule has 8 heteroatoms. The number of piperidine rings is 1. The van der Waals surface area contributed by atoms with Gasteiger partial charge in [-0.3, -0.25) is 9.59 Å². The molecule has 2 amide bonds. The van der Waals surface area contributed by atoms with Crippen molar-refractivity contribution >= 4 is 28.3 Å². The maximum atomic E-state index is 12.7. The van der Waals surface area contributed by atoms with Crippen molar-refractivity contribution in [2.45, 2.75) is 19.8 Å². The van der Waals surface area contributed by atoms with Gasteiger partial charge in [0.25, 0.3) is 5.91 Å². The van der Waals surface area contributed by atoms with Gasteiger partial charge in [-0.05, 0) is 44.0 Å². The van der Waals surface area contributed by atoms with Gasteiger partial charge in [0, 0.05) is 18.7 Å². The fourth-order valence-corrected chi connectivity index (χ4v) is 3.95. The zero-order valence-corrected chi connectivity index (χ0v) is 16.2. The summed E-state index contributed by atoms with van der Waals surface area (Å²) >= 11 is 1.26. The molecule has 28 heavy (non-hydrogen) atoms. The van der Waals surface area contributed by atoms with Gasteiger partial charge in [-0.2, -0.15) is 0 Å². The molecule has 4 rings (SSSR count). The molecule has 144 valence electrons. The van der Waals surface area contributed by atoms with Crippen LogP contribution in [0.5, 0.6) is 0 Å². The Morgan fingerprint density at radius 1 is 1.21 bits per heavy atom. The maximum absolute atomic E-state index is 12.7. The van der Waals surface area contributed by atoms with Crippen LogP contribution in [0.1, 0.15) is 28.8 Å². The first-order chi connectivity index (χ1) is 13.6. The Kier molecular flexibility index (Phi) is 5.21. The normalized spacial score (nSPS) is 16.8. The van der Waals surface area contributed by atoms with Gasteiger partial charge >= 0.3 is 0 Å². The molecule has 3 heterocycles. The topological polar surface area (TPSA) is 88.3 Å². The Hall–Kier alpha value is -3.00. The summed E-state index contributed by atoms with van der Waals surface area (Å²) in [6.07, 6.45) is 3.10. The number of benzene rings is 1. The standard InChI is InChI=1S/C20H20N4O3S/c1-13-6-8-14(9-7-13)19(26)24-10-2-4-15(12-24)17(25)21-20-23-22-18(28-20)16-5-3-11-27-16/h3,5-9,11,15H,2,4,10,12H2,1H3,(H,21,23,25). The van der Waals surface area contributed by atoms with Gasteiger partial charge in [-0.15, -0.1) is 10.2 Å². The molecule has 1 N–H and O–H groups in total. The minimum atomic E-state index is -0.265. The minimum absolute atomic E-state index is 0.0338. The summed E-state index contributed by atoms with van der Waals surface area (Å²) < 4.78 is 5.30. The highest BCUT2D eigenvalue weighted by Gasteiger charge is 2.29. The Bertz CT molecular complexity index is 966. The molecule has 0 radical (unpaired) electrons. The van der Waals surface area contributed by atoms with Crippen LogP contribution in [0.3, 0.4) is 0 Å². The van der Waals surface area contributed by atoms with E-state index in [1.807, 2.05) is 31.2 Å². The Balaban J connectivity index is 1.39. The molecule has 7 nitrogen and oxygen atoms in total. The number of furan rings is 1. The van der Waals surface area contributed by atoms with Gasteiger partial charge in [0.15, 0.2) is 10.8 Å². The fourth-order valence-electron chi connectivity index (χ4n) is 3.24. The Morgan fingerprint density at radius 3 is 2.79 bits per heavy atom. The first-order valence-corrected chi connectivity index (χ1v) is 9.96. The van der Waals surface area contributed by atoms with Crippen LogP contribution in [0.4, 0.5) is 5.13 Å². The van der Waals surface area contributed by atoms with Crippen molar-refractivity contribution in [3.8, 4) is 10.8 Å². The SMILES string of the molecule is Cc1ccc(C(=O)N2CCCC(C(=O)Nc3nnc(-c4ccco4)s3)C2)cc1. The minimum Gasteiger partial charge on any atom is -0.462 e. The molecule has 2 aromatic heterocycles. The number of carbonyl (C=O) groups excluding carboxylic acids is 2. The lowest BCUT2D eigenvalue weighted by atomic mass is 9.96. The molecule has 1 unspecified atom stereocenters. The number of carbonyl (C=O) groups is 2. The van der Waals surface area contributed by atoms with Crippen LogP contribution in [0.25, 0.3) is 10.8 Å². The second-order valence-electron chi connectivity index (χ2n) is 6.84. The quantitative estimate of drug-likeness (QED) is 0.728. The monoisotopic (exact) mass is 396 g/mol. The van der Waals surface area contributed by atoms with Crippen molar-refractivity contribution in [1.82, 2.24) is 15.1 Å². The second kappa shape index (κ2) is 7.93. The van der Waals surface area contributed by atoms with E-state index >= 15 is 0 Å². The van der Waals surface area contributed by atoms with E-state index < -0.39 is 0 Å². The molecular weight excluding hydrogens is 376 g/mol. The average molecular weight is 396 g/mol. The Morgan fingerprint density at radius 2 is 2.04 bits per heavy atom. The van der Waals surface area contributed by atoms with Crippen molar-refractivity contribution in [1.29, 1.82) is 0 Å². The largest absolute Gasteiger partial charge is 0.462 e. The lowest BCUT2D eigenvalue weighted by Gasteiger charge is -2.32. The fraction of sp³-hybridized carbons (Fsp3) is 0.300. The van der Waals surface area contributed by atoms with Crippen LogP contribution >= 0.6 is 11.3 Å². The van der Waals surface area contributed by atoms with Gasteiger partial charge in [-0.1, -0.05) is 29.0 Å². The summed E-state index contributed by atoms with van der Waals surface area (Å²) in [5.41, 5.74) is 1.76. The third kappa shape index (κ3) is 3.96. The van der Waals surface area contributed by atoms with Crippen LogP contribution in [0.2, 0.25) is 0 Å². The number of hydrogen-bond donors (Lipinski definition) is 1. The first kappa shape index (κ1) is 18.4. The van der Waals surface area contributed by atoms with Crippen LogP contribution in [-0.4, -0.2) is 40.0 Å². The van der Waals surface area contributed by atoms with E-state index in [2.05, 4.69) is 15.5 Å². The summed E-state index contributed by atoms with van der Waals surface area (Å²) in [6.45, 7) is 3.06. The van der Waals surface area contributed by atoms with Crippen LogP contribution in [-0.2, 0) is 4.79 Å². The summed E-state index contributed by atoms with van der Waals surface area (Å²) in [5, 5.41) is 11.9. The van der Waals surface area contributed by atoms with Gasteiger partial charge < -0.3 is 14.6 Å². The summed E-state index contributed by atoms with van der Waals surface area (Å²) in [4.78, 5) is 27.2. The molecule has 1 aliphatic heterocycles. The lowest BCUT2D eigenvalue weighted by molar-refractivity contribution is -0.121. The molecule has 1 fully saturated rings. The number of aryl methyl sites for hydroxylation is 1. The highest BCUT2D eigenvalue weighted by molar-refractivity contribution is 7.18. The van der Waals surface area contributed by atoms with E-state index in [0.29, 0.717) is 34.6 Å². The molecule has 0 bridgehead atoms. The van der Waals surface area contributed by atoms with E-state index in [-0.39, 0.29) is 17.7 Å². The number of nitrogens with zero attached hydrogens (tertiary/aromatic N) is 3. The third-order valence-corrected chi connectivity index (χ3v) is 5.62. The number of likely N-dealkylation sites (tertiary alicyclic amines) is 1. The average Bonchev–Trinajstić information content (AvgIpc) is 3.40. The molecule has 3 aromatic rings. The van der Waals surface area contributed by atoms with Crippen molar-refractivity contribution in [2.75, 3.05) is 18.4 Å². The zero-order chi connectivity index (χ0) is 19.5. The van der Waals surface area contributed by atoms with E-state index in [4.69, 9.17) is 4.42 Å². The van der Waals surface area contributed by atoms with E-state index in [9.17, 15) is 9.59 Å². The molecule has 0 spiro atoms. The van der Waals surface area contributed by atoms with Crippen molar-refractivity contribution in [3.05, 3.63) is 53.8 Å². The molecule has 1 aliphatic rings. The third-order valence-electron chi connectivity index (χ3n) is 4.77. The molecule has 1 atom stereocenters. The number of rotatable bonds is 4. The lowest BCUT2D eigenvalue weighted by Crippen LogP contribution is -2.43. The van der Waals surface area contributed by atoms with Crippen LogP contribution in [0, 0.1) is 12.8 Å². The molecule has 1 aromatic carbocycles. The zero-order valence-electron chi connectivity index (χ0n) is 15.4. The summed E-state index contributed by atoms with van der Waals surface area (Å²) in [7, 11) is 0. The summed E-state index contributed by atoms with van der Waals surface area (Å²) in [5.74, 6) is 0.182. The second-order valence-corrected chi connectivity index (χ2v) is 7.81. The Labute approximate surface area is 166 Å². The van der Waals surface area contributed by atoms with Crippen molar-refractivity contribution in [2.24, 2.45) is 5.92 Å². The number of amides is 2. The van der Waals surface area contributed by atoms with Gasteiger partial charge in [0.05, 0.1) is 12.2 Å². The molecular formula is C20H20N4O3S. The predicted octanol–water partition coefficient (Wildman–Crippen LogP) is 3.60. The summed E-state index contributed by atoms with van der Waals surface area (Å²) in [6, 6.07) is 11.1. The molecule has 0 saturated carbocycles. The van der Waals surface area contributed by atoms with E-state index in [0.717, 1.165) is 18.4 Å². The van der Waals surface area contributed by atoms with Gasteiger partial charge in [-0.25, -0.2) is 0 Å². The highest BCUT2D eigenvalue weighted by atomic mass is 32.1. The number of anilines is 1. The predicted molar refractivity (Wildman–Crippen MR) is 106 cm³/mol. The number of hydrogen-bond acceptors (Lipinski definition) is 6. The first-order valence-electron chi connectivity index (χ1n) is 9.14. The van der Waals surface area contributed by atoms with Crippen molar-refractivity contribution < 1.29 is 14.0 Å². The highest BCUT2D eigenvalue weighted by Crippen LogP contribution is 2.27. The van der Waals surface area contributed by atoms with Crippen molar-refractivity contribution in [3.63, 3.8) is 0 Å². The molecule has 0 aliphatic carbocycles. The van der Waals surface area contributed by atoms with Crippen LogP contribution in [0.15, 0.2) is 47.1 Å². The van der Waals surface area contributed by atoms with Crippen LogP contribution < -0.4 is 5.32 Å². The maximum Gasteiger partial charge on any atom is 0.253 e. The smallest absolute Gasteiger partial charge is 0.253 e. The molecule has 1 saturated heterocycles. The van der Waals surface area contributed by atoms with E-state index in [1.54, 1.807) is 23.3 Å². The van der Waals surface area contributed by atoms with Gasteiger partial charge in [0.2, 0.25) is 11.0 Å².